The molecule has 2 aliphatic rings. The number of pyridine rings is 1. The standard InChI is InChI=1S/C19H24N6O/c1-24(21)10-17(20)12-2-3-13-7-22-18(6-14(13)4-12)23-19(26)11-25-8-15-5-16(15)9-25/h2-4,6-7,10,15-16H,5,8-9,11,20-21H2,1H3,(H,22,23,26)/b17-10-. The molecule has 1 saturated carbocycles. The molecule has 4 rings (SSSR count). The lowest BCUT2D eigenvalue weighted by Crippen LogP contribution is -2.32. The second-order valence-corrected chi connectivity index (χ2v) is 7.38. The minimum Gasteiger partial charge on any atom is -0.397 e. The summed E-state index contributed by atoms with van der Waals surface area (Å²) in [5.41, 5.74) is 7.51. The first-order valence-electron chi connectivity index (χ1n) is 8.85. The fourth-order valence-electron chi connectivity index (χ4n) is 3.69. The SMILES string of the molecule is CN(N)/C=C(\N)c1ccc2cnc(NC(=O)CN3CC4CC4C3)cc2c1. The second-order valence-electron chi connectivity index (χ2n) is 7.38. The van der Waals surface area contributed by atoms with Crippen LogP contribution in [0.2, 0.25) is 0 Å². The van der Waals surface area contributed by atoms with Crippen LogP contribution in [-0.4, -0.2) is 47.5 Å². The van der Waals surface area contributed by atoms with Crippen molar-refractivity contribution in [2.75, 3.05) is 32.0 Å². The Balaban J connectivity index is 1.47. The van der Waals surface area contributed by atoms with Crippen LogP contribution in [0.1, 0.15) is 12.0 Å². The minimum atomic E-state index is -0.0153. The Morgan fingerprint density at radius 3 is 2.85 bits per heavy atom. The van der Waals surface area contributed by atoms with E-state index in [0.29, 0.717) is 18.1 Å². The zero-order valence-corrected chi connectivity index (χ0v) is 14.9. The van der Waals surface area contributed by atoms with E-state index in [1.54, 1.807) is 19.4 Å². The molecule has 7 nitrogen and oxygen atoms in total. The Labute approximate surface area is 152 Å². The fourth-order valence-corrected chi connectivity index (χ4v) is 3.69. The predicted octanol–water partition coefficient (Wildman–Crippen LogP) is 1.19. The van der Waals surface area contributed by atoms with E-state index >= 15 is 0 Å². The van der Waals surface area contributed by atoms with Crippen molar-refractivity contribution in [2.24, 2.45) is 23.4 Å². The van der Waals surface area contributed by atoms with E-state index in [9.17, 15) is 4.79 Å². The van der Waals surface area contributed by atoms with Gasteiger partial charge in [-0.2, -0.15) is 0 Å². The highest BCUT2D eigenvalue weighted by Gasteiger charge is 2.45. The van der Waals surface area contributed by atoms with E-state index < -0.39 is 0 Å². The van der Waals surface area contributed by atoms with Crippen LogP contribution in [0.15, 0.2) is 36.7 Å². The van der Waals surface area contributed by atoms with Crippen molar-refractivity contribution in [2.45, 2.75) is 6.42 Å². The molecule has 1 amide bonds. The quantitative estimate of drug-likeness (QED) is 0.552. The van der Waals surface area contributed by atoms with Gasteiger partial charge in [-0.05, 0) is 41.3 Å². The average Bonchev–Trinajstić information content (AvgIpc) is 3.20. The van der Waals surface area contributed by atoms with Crippen molar-refractivity contribution in [1.29, 1.82) is 0 Å². The Bertz CT molecular complexity index is 867. The van der Waals surface area contributed by atoms with Gasteiger partial charge < -0.3 is 16.1 Å². The molecule has 7 heteroatoms. The van der Waals surface area contributed by atoms with Gasteiger partial charge in [0.1, 0.15) is 5.82 Å². The summed E-state index contributed by atoms with van der Waals surface area (Å²) in [6, 6.07) is 7.72. The summed E-state index contributed by atoms with van der Waals surface area (Å²) in [6.45, 7) is 2.53. The Kier molecular flexibility index (Phi) is 4.26. The topological polar surface area (TPSA) is 101 Å². The number of benzene rings is 1. The molecule has 1 aromatic carbocycles. The van der Waals surface area contributed by atoms with Gasteiger partial charge in [-0.15, -0.1) is 0 Å². The average molecular weight is 352 g/mol. The molecular weight excluding hydrogens is 328 g/mol. The molecule has 1 aromatic heterocycles. The number of aromatic nitrogens is 1. The maximum absolute atomic E-state index is 12.3. The third-order valence-electron chi connectivity index (χ3n) is 5.09. The number of carbonyl (C=O) groups is 1. The van der Waals surface area contributed by atoms with Crippen LogP contribution in [0.25, 0.3) is 16.5 Å². The molecule has 2 aromatic rings. The molecule has 0 bridgehead atoms. The number of nitrogens with one attached hydrogen (secondary N) is 1. The van der Waals surface area contributed by atoms with Crippen molar-refractivity contribution in [3.05, 3.63) is 42.2 Å². The van der Waals surface area contributed by atoms with Gasteiger partial charge in [-0.1, -0.05) is 12.1 Å². The number of carbonyl (C=O) groups excluding carboxylic acids is 1. The number of amides is 1. The zero-order chi connectivity index (χ0) is 18.3. The summed E-state index contributed by atoms with van der Waals surface area (Å²) in [5.74, 6) is 7.81. The molecule has 2 unspecified atom stereocenters. The van der Waals surface area contributed by atoms with Gasteiger partial charge in [0, 0.05) is 37.9 Å². The van der Waals surface area contributed by atoms with Crippen molar-refractivity contribution in [3.63, 3.8) is 0 Å². The van der Waals surface area contributed by atoms with Crippen molar-refractivity contribution >= 4 is 28.2 Å². The van der Waals surface area contributed by atoms with E-state index in [4.69, 9.17) is 11.6 Å². The fraction of sp³-hybridized carbons (Fsp3) is 0.368. The molecule has 2 fully saturated rings. The third kappa shape index (κ3) is 3.63. The molecule has 26 heavy (non-hydrogen) atoms. The van der Waals surface area contributed by atoms with Crippen LogP contribution in [0.3, 0.4) is 0 Å². The van der Waals surface area contributed by atoms with E-state index in [0.717, 1.165) is 41.3 Å². The van der Waals surface area contributed by atoms with E-state index in [2.05, 4.69) is 15.2 Å². The first-order chi connectivity index (χ1) is 12.5. The lowest BCUT2D eigenvalue weighted by atomic mass is 10.1. The summed E-state index contributed by atoms with van der Waals surface area (Å²) in [7, 11) is 1.72. The smallest absolute Gasteiger partial charge is 0.239 e. The van der Waals surface area contributed by atoms with Gasteiger partial charge in [0.05, 0.1) is 12.2 Å². The largest absolute Gasteiger partial charge is 0.397 e. The van der Waals surface area contributed by atoms with E-state index in [1.807, 2.05) is 24.3 Å². The molecule has 2 heterocycles. The molecule has 5 N–H and O–H groups in total. The zero-order valence-electron chi connectivity index (χ0n) is 14.9. The van der Waals surface area contributed by atoms with Crippen molar-refractivity contribution in [1.82, 2.24) is 14.9 Å². The van der Waals surface area contributed by atoms with Gasteiger partial charge in [0.15, 0.2) is 0 Å². The molecule has 1 aliphatic carbocycles. The van der Waals surface area contributed by atoms with Crippen LogP contribution in [-0.2, 0) is 4.79 Å². The van der Waals surface area contributed by atoms with Gasteiger partial charge in [0.25, 0.3) is 0 Å². The number of hydrazine groups is 1. The highest BCUT2D eigenvalue weighted by atomic mass is 16.2. The molecular formula is C19H24N6O. The predicted molar refractivity (Wildman–Crippen MR) is 103 cm³/mol. The monoisotopic (exact) mass is 352 g/mol. The lowest BCUT2D eigenvalue weighted by molar-refractivity contribution is -0.117. The highest BCUT2D eigenvalue weighted by Crippen LogP contribution is 2.44. The normalized spacial score (nSPS) is 22.3. The Morgan fingerprint density at radius 1 is 1.35 bits per heavy atom. The maximum Gasteiger partial charge on any atom is 0.239 e. The number of nitrogens with zero attached hydrogens (tertiary/aromatic N) is 3. The summed E-state index contributed by atoms with van der Waals surface area (Å²) in [4.78, 5) is 18.8. The number of likely N-dealkylation sites (tertiary alicyclic amines) is 1. The van der Waals surface area contributed by atoms with Gasteiger partial charge in [0.2, 0.25) is 5.91 Å². The molecule has 0 radical (unpaired) electrons. The third-order valence-corrected chi connectivity index (χ3v) is 5.09. The van der Waals surface area contributed by atoms with Crippen LogP contribution >= 0.6 is 0 Å². The van der Waals surface area contributed by atoms with Crippen LogP contribution < -0.4 is 16.9 Å². The number of piperidine rings is 1. The first kappa shape index (κ1) is 16.8. The minimum absolute atomic E-state index is 0.0153. The van der Waals surface area contributed by atoms with Gasteiger partial charge >= 0.3 is 0 Å². The van der Waals surface area contributed by atoms with E-state index in [1.165, 1.54) is 11.4 Å². The number of nitrogens with two attached hydrogens (primary N) is 2. The van der Waals surface area contributed by atoms with Crippen LogP contribution in [0, 0.1) is 11.8 Å². The van der Waals surface area contributed by atoms with E-state index in [-0.39, 0.29) is 5.91 Å². The van der Waals surface area contributed by atoms with Crippen molar-refractivity contribution in [3.8, 4) is 0 Å². The second kappa shape index (κ2) is 6.59. The van der Waals surface area contributed by atoms with Gasteiger partial charge in [-0.3, -0.25) is 9.69 Å². The molecule has 1 saturated heterocycles. The number of hydrogen-bond donors (Lipinski definition) is 3. The number of fused-ring (bicyclic) bond motifs is 2. The highest BCUT2D eigenvalue weighted by molar-refractivity contribution is 5.94. The maximum atomic E-state index is 12.3. The molecule has 2 atom stereocenters. The molecule has 136 valence electrons. The Morgan fingerprint density at radius 2 is 2.12 bits per heavy atom. The molecule has 0 spiro atoms. The summed E-state index contributed by atoms with van der Waals surface area (Å²) < 4.78 is 0. The number of hydrogen-bond acceptors (Lipinski definition) is 6. The number of anilines is 1. The number of rotatable bonds is 5. The molecule has 1 aliphatic heterocycles. The van der Waals surface area contributed by atoms with Crippen LogP contribution in [0.4, 0.5) is 5.82 Å². The lowest BCUT2D eigenvalue weighted by Gasteiger charge is -2.16. The van der Waals surface area contributed by atoms with Gasteiger partial charge in [-0.25, -0.2) is 10.8 Å². The summed E-state index contributed by atoms with van der Waals surface area (Å²) in [5, 5.41) is 6.27. The first-order valence-corrected chi connectivity index (χ1v) is 8.85. The van der Waals surface area contributed by atoms with Crippen LogP contribution in [0.5, 0.6) is 0 Å². The van der Waals surface area contributed by atoms with Crippen molar-refractivity contribution < 1.29 is 4.79 Å². The summed E-state index contributed by atoms with van der Waals surface area (Å²) in [6.07, 6.45) is 4.75. The summed E-state index contributed by atoms with van der Waals surface area (Å²) >= 11 is 0. The Hall–Kier alpha value is -2.64.